The fraction of sp³-hybridized carbons (Fsp3) is 0.917. The van der Waals surface area contributed by atoms with Gasteiger partial charge in [0.15, 0.2) is 0 Å². The second-order valence-corrected chi connectivity index (χ2v) is 5.45. The zero-order valence-electron chi connectivity index (χ0n) is 11.0. The first-order valence-electron chi connectivity index (χ1n) is 6.02. The molecule has 1 rings (SSSR count). The van der Waals surface area contributed by atoms with Crippen molar-refractivity contribution in [2.24, 2.45) is 5.92 Å². The summed E-state index contributed by atoms with van der Waals surface area (Å²) < 4.78 is 5.30. The molecule has 16 heavy (non-hydrogen) atoms. The van der Waals surface area contributed by atoms with Gasteiger partial charge in [0, 0.05) is 25.0 Å². The fourth-order valence-corrected chi connectivity index (χ4v) is 2.02. The van der Waals surface area contributed by atoms with Crippen molar-refractivity contribution in [2.45, 2.75) is 45.8 Å². The lowest BCUT2D eigenvalue weighted by Crippen LogP contribution is -2.57. The van der Waals surface area contributed by atoms with Crippen LogP contribution in [0.4, 0.5) is 4.79 Å². The van der Waals surface area contributed by atoms with Gasteiger partial charge in [0.2, 0.25) is 0 Å². The number of hydrogen-bond acceptors (Lipinski definition) is 3. The van der Waals surface area contributed by atoms with Crippen molar-refractivity contribution in [2.75, 3.05) is 20.1 Å². The zero-order valence-corrected chi connectivity index (χ0v) is 11.0. The molecule has 4 nitrogen and oxygen atoms in total. The molecule has 94 valence electrons. The van der Waals surface area contributed by atoms with E-state index in [1.165, 1.54) is 0 Å². The van der Waals surface area contributed by atoms with Crippen molar-refractivity contribution >= 4 is 6.09 Å². The number of hydrogen-bond donors (Lipinski definition) is 1. The quantitative estimate of drug-likeness (QED) is 0.801. The summed E-state index contributed by atoms with van der Waals surface area (Å²) in [6.45, 7) is 9.47. The second-order valence-electron chi connectivity index (χ2n) is 5.45. The topological polar surface area (TPSA) is 41.6 Å². The molecule has 1 N–H and O–H groups in total. The molecule has 0 aromatic heterocycles. The third-order valence-electron chi connectivity index (χ3n) is 2.94. The first-order valence-corrected chi connectivity index (χ1v) is 6.02. The Kier molecular flexibility index (Phi) is 4.19. The van der Waals surface area contributed by atoms with Crippen LogP contribution in [0.25, 0.3) is 0 Å². The van der Waals surface area contributed by atoms with Crippen LogP contribution >= 0.6 is 0 Å². The molecule has 1 aliphatic rings. The van der Waals surface area contributed by atoms with Gasteiger partial charge in [-0.2, -0.15) is 0 Å². The lowest BCUT2D eigenvalue weighted by Gasteiger charge is -2.43. The van der Waals surface area contributed by atoms with E-state index in [2.05, 4.69) is 12.2 Å². The van der Waals surface area contributed by atoms with Gasteiger partial charge in [-0.1, -0.05) is 6.92 Å². The molecule has 0 saturated carbocycles. The smallest absolute Gasteiger partial charge is 0.410 e. The third kappa shape index (κ3) is 3.37. The molecule has 0 spiro atoms. The standard InChI is InChI=1S/C12H24N2O2/c1-6-10(13-5)9-7-14(8-9)11(15)16-12(2,3)4/h9-10,13H,6-8H2,1-5H3. The molecule has 1 saturated heterocycles. The number of nitrogens with one attached hydrogen (secondary N) is 1. The molecular formula is C12H24N2O2. The van der Waals surface area contributed by atoms with Gasteiger partial charge in [-0.25, -0.2) is 4.79 Å². The Morgan fingerprint density at radius 3 is 2.44 bits per heavy atom. The Hall–Kier alpha value is -0.770. The predicted octanol–water partition coefficient (Wildman–Crippen LogP) is 1.85. The van der Waals surface area contributed by atoms with Crippen molar-refractivity contribution in [3.63, 3.8) is 0 Å². The minimum Gasteiger partial charge on any atom is -0.444 e. The molecule has 0 aromatic carbocycles. The third-order valence-corrected chi connectivity index (χ3v) is 2.94. The number of rotatable bonds is 3. The molecule has 1 heterocycles. The molecular weight excluding hydrogens is 204 g/mol. The highest BCUT2D eigenvalue weighted by molar-refractivity contribution is 5.69. The summed E-state index contributed by atoms with van der Waals surface area (Å²) in [7, 11) is 1.98. The van der Waals surface area contributed by atoms with Crippen molar-refractivity contribution in [3.8, 4) is 0 Å². The second kappa shape index (κ2) is 5.04. The average Bonchev–Trinajstić information content (AvgIpc) is 2.06. The molecule has 0 aliphatic carbocycles. The largest absolute Gasteiger partial charge is 0.444 e. The highest BCUT2D eigenvalue weighted by Crippen LogP contribution is 2.23. The van der Waals surface area contributed by atoms with E-state index in [-0.39, 0.29) is 6.09 Å². The Labute approximate surface area is 98.3 Å². The lowest BCUT2D eigenvalue weighted by molar-refractivity contribution is -0.00658. The fourth-order valence-electron chi connectivity index (χ4n) is 2.02. The van der Waals surface area contributed by atoms with Crippen LogP contribution in [0.15, 0.2) is 0 Å². The van der Waals surface area contributed by atoms with Gasteiger partial charge in [-0.15, -0.1) is 0 Å². The summed E-state index contributed by atoms with van der Waals surface area (Å²) in [6.07, 6.45) is 0.915. The molecule has 0 bridgehead atoms. The summed E-state index contributed by atoms with van der Waals surface area (Å²) in [5.74, 6) is 0.572. The molecule has 4 heteroatoms. The van der Waals surface area contributed by atoms with E-state index in [9.17, 15) is 4.79 Å². The van der Waals surface area contributed by atoms with Crippen LogP contribution in [0.1, 0.15) is 34.1 Å². The number of nitrogens with zero attached hydrogens (tertiary/aromatic N) is 1. The van der Waals surface area contributed by atoms with Crippen LogP contribution in [0.3, 0.4) is 0 Å². The first-order chi connectivity index (χ1) is 7.37. The van der Waals surface area contributed by atoms with Crippen molar-refractivity contribution in [1.29, 1.82) is 0 Å². The predicted molar refractivity (Wildman–Crippen MR) is 64.4 cm³/mol. The number of carbonyl (C=O) groups is 1. The van der Waals surface area contributed by atoms with Crippen molar-refractivity contribution in [1.82, 2.24) is 10.2 Å². The highest BCUT2D eigenvalue weighted by Gasteiger charge is 2.36. The average molecular weight is 228 g/mol. The Morgan fingerprint density at radius 1 is 1.50 bits per heavy atom. The van der Waals surface area contributed by atoms with E-state index >= 15 is 0 Å². The van der Waals surface area contributed by atoms with Crippen molar-refractivity contribution < 1.29 is 9.53 Å². The van der Waals surface area contributed by atoms with Gasteiger partial charge >= 0.3 is 6.09 Å². The van der Waals surface area contributed by atoms with Crippen LogP contribution in [-0.4, -0.2) is 42.8 Å². The maximum absolute atomic E-state index is 11.7. The summed E-state index contributed by atoms with van der Waals surface area (Å²) in [4.78, 5) is 13.4. The molecule has 0 radical (unpaired) electrons. The Bertz CT molecular complexity index is 238. The van der Waals surface area contributed by atoms with Crippen LogP contribution in [0.5, 0.6) is 0 Å². The van der Waals surface area contributed by atoms with Gasteiger partial charge < -0.3 is 15.0 Å². The van der Waals surface area contributed by atoms with Crippen LogP contribution in [-0.2, 0) is 4.74 Å². The van der Waals surface area contributed by atoms with Gasteiger partial charge in [0.05, 0.1) is 0 Å². The van der Waals surface area contributed by atoms with Gasteiger partial charge in [0.1, 0.15) is 5.60 Å². The van der Waals surface area contributed by atoms with Crippen LogP contribution < -0.4 is 5.32 Å². The Morgan fingerprint density at radius 2 is 2.06 bits per heavy atom. The molecule has 1 fully saturated rings. The monoisotopic (exact) mass is 228 g/mol. The van der Waals surface area contributed by atoms with Crippen LogP contribution in [0, 0.1) is 5.92 Å². The zero-order chi connectivity index (χ0) is 12.3. The number of carbonyl (C=O) groups excluding carboxylic acids is 1. The normalized spacial score (nSPS) is 19.2. The lowest BCUT2D eigenvalue weighted by atomic mass is 9.90. The number of amides is 1. The van der Waals surface area contributed by atoms with Gasteiger partial charge in [-0.3, -0.25) is 0 Å². The summed E-state index contributed by atoms with van der Waals surface area (Å²) in [6, 6.07) is 0.513. The molecule has 1 amide bonds. The highest BCUT2D eigenvalue weighted by atomic mass is 16.6. The van der Waals surface area contributed by atoms with E-state index in [4.69, 9.17) is 4.74 Å². The SMILES string of the molecule is CCC(NC)C1CN(C(=O)OC(C)(C)C)C1. The van der Waals surface area contributed by atoms with E-state index in [0.29, 0.717) is 12.0 Å². The molecule has 0 aromatic rings. The van der Waals surface area contributed by atoms with Crippen molar-refractivity contribution in [3.05, 3.63) is 0 Å². The van der Waals surface area contributed by atoms with E-state index in [0.717, 1.165) is 19.5 Å². The molecule has 1 atom stereocenters. The summed E-state index contributed by atoms with van der Waals surface area (Å²) in [5, 5.41) is 3.28. The van der Waals surface area contributed by atoms with E-state index in [1.54, 1.807) is 4.90 Å². The number of ether oxygens (including phenoxy) is 1. The number of likely N-dealkylation sites (tertiary alicyclic amines) is 1. The van der Waals surface area contributed by atoms with E-state index < -0.39 is 5.60 Å². The minimum atomic E-state index is -0.394. The van der Waals surface area contributed by atoms with Gasteiger partial charge in [0.25, 0.3) is 0 Å². The minimum absolute atomic E-state index is 0.185. The van der Waals surface area contributed by atoms with Gasteiger partial charge in [-0.05, 0) is 34.2 Å². The van der Waals surface area contributed by atoms with Crippen LogP contribution in [0.2, 0.25) is 0 Å². The summed E-state index contributed by atoms with van der Waals surface area (Å²) >= 11 is 0. The maximum Gasteiger partial charge on any atom is 0.410 e. The van der Waals surface area contributed by atoms with E-state index in [1.807, 2.05) is 27.8 Å². The maximum atomic E-state index is 11.7. The Balaban J connectivity index is 2.33. The molecule has 1 aliphatic heterocycles. The molecule has 1 unspecified atom stereocenters. The first kappa shape index (κ1) is 13.3. The summed E-state index contributed by atoms with van der Waals surface area (Å²) in [5.41, 5.74) is -0.394.